The van der Waals surface area contributed by atoms with Gasteiger partial charge in [-0.3, -0.25) is 0 Å². The maximum atomic E-state index is 2.69. The van der Waals surface area contributed by atoms with Gasteiger partial charge in [0.15, 0.2) is 0 Å². The minimum absolute atomic E-state index is 0.637. The highest BCUT2D eigenvalue weighted by Gasteiger charge is 2.52. The summed E-state index contributed by atoms with van der Waals surface area (Å²) in [6.45, 7) is 22.8. The summed E-state index contributed by atoms with van der Waals surface area (Å²) in [5.74, 6) is 5.47. The predicted octanol–water partition coefficient (Wildman–Crippen LogP) is 10.2. The van der Waals surface area contributed by atoms with Gasteiger partial charge in [-0.2, -0.15) is 0 Å². The molecule has 3 aliphatic carbocycles. The van der Waals surface area contributed by atoms with Gasteiger partial charge in [0, 0.05) is 0 Å². The minimum Gasteiger partial charge on any atom is -0.0847 e. The third-order valence-corrected chi connectivity index (χ3v) is 8.67. The molecule has 0 saturated heterocycles. The SMILES string of the molecule is CC.CC.CC1=CCC(C)/C(=C\CC2C(C)CCC3(C)C(CCC(C)C)CCC23)C1. The molecule has 3 aliphatic rings. The molecule has 0 spiro atoms. The summed E-state index contributed by atoms with van der Waals surface area (Å²) in [6, 6.07) is 0. The standard InChI is InChI=1S/C26H44.2C2H6/c1-18(2)7-11-23-12-14-25-24(21(5)15-16-26(23,25)6)13-10-22-17-19(3)8-9-20(22)4;2*1-2/h8,10,18,20-21,23-25H,7,9,11-17H2,1-6H3;2*1-2H3/b22-10-;;. The Kier molecular flexibility index (Phi) is 12.0. The van der Waals surface area contributed by atoms with Gasteiger partial charge in [-0.05, 0) is 99.2 Å². The second kappa shape index (κ2) is 13.1. The molecule has 6 atom stereocenters. The van der Waals surface area contributed by atoms with E-state index in [1.807, 2.05) is 27.7 Å². The summed E-state index contributed by atoms with van der Waals surface area (Å²) >= 11 is 0. The van der Waals surface area contributed by atoms with Crippen LogP contribution in [0.4, 0.5) is 0 Å². The van der Waals surface area contributed by atoms with Gasteiger partial charge in [0.25, 0.3) is 0 Å². The van der Waals surface area contributed by atoms with E-state index in [1.165, 1.54) is 57.8 Å². The summed E-state index contributed by atoms with van der Waals surface area (Å²) in [7, 11) is 0. The zero-order valence-electron chi connectivity index (χ0n) is 22.5. The van der Waals surface area contributed by atoms with Crippen molar-refractivity contribution >= 4 is 0 Å². The molecule has 0 amide bonds. The fourth-order valence-corrected chi connectivity index (χ4v) is 6.65. The van der Waals surface area contributed by atoms with Crippen LogP contribution in [0.15, 0.2) is 23.3 Å². The van der Waals surface area contributed by atoms with Crippen LogP contribution in [-0.4, -0.2) is 0 Å². The molecule has 0 aliphatic heterocycles. The van der Waals surface area contributed by atoms with Crippen molar-refractivity contribution in [3.05, 3.63) is 23.3 Å². The van der Waals surface area contributed by atoms with Crippen molar-refractivity contribution in [3.63, 3.8) is 0 Å². The lowest BCUT2D eigenvalue weighted by Crippen LogP contribution is -2.40. The Bertz CT molecular complexity index is 536. The fraction of sp³-hybridized carbons (Fsp3) is 0.867. The Morgan fingerprint density at radius 1 is 1.07 bits per heavy atom. The minimum atomic E-state index is 0.637. The van der Waals surface area contributed by atoms with Gasteiger partial charge in [-0.1, -0.05) is 92.0 Å². The van der Waals surface area contributed by atoms with E-state index in [0.717, 1.165) is 35.5 Å². The molecule has 0 radical (unpaired) electrons. The number of hydrogen-bond donors (Lipinski definition) is 0. The van der Waals surface area contributed by atoms with Gasteiger partial charge >= 0.3 is 0 Å². The fourth-order valence-electron chi connectivity index (χ4n) is 6.65. The van der Waals surface area contributed by atoms with Crippen LogP contribution in [0.25, 0.3) is 0 Å². The van der Waals surface area contributed by atoms with Crippen LogP contribution in [0, 0.1) is 40.9 Å². The lowest BCUT2D eigenvalue weighted by Gasteiger charge is -2.48. The van der Waals surface area contributed by atoms with E-state index in [1.54, 1.807) is 11.1 Å². The van der Waals surface area contributed by atoms with E-state index >= 15 is 0 Å². The van der Waals surface area contributed by atoms with Gasteiger partial charge in [-0.25, -0.2) is 0 Å². The Labute approximate surface area is 191 Å². The van der Waals surface area contributed by atoms with Crippen molar-refractivity contribution < 1.29 is 0 Å². The van der Waals surface area contributed by atoms with Gasteiger partial charge in [0.2, 0.25) is 0 Å². The Balaban J connectivity index is 0.00000106. The van der Waals surface area contributed by atoms with Gasteiger partial charge in [-0.15, -0.1) is 0 Å². The van der Waals surface area contributed by atoms with Crippen LogP contribution in [-0.2, 0) is 0 Å². The third kappa shape index (κ3) is 6.74. The van der Waals surface area contributed by atoms with E-state index in [-0.39, 0.29) is 0 Å². The molecule has 0 aromatic rings. The van der Waals surface area contributed by atoms with E-state index in [9.17, 15) is 0 Å². The molecule has 2 saturated carbocycles. The zero-order valence-corrected chi connectivity index (χ0v) is 22.5. The maximum absolute atomic E-state index is 2.69. The van der Waals surface area contributed by atoms with Gasteiger partial charge in [0.1, 0.15) is 0 Å². The molecule has 3 rings (SSSR count). The highest BCUT2D eigenvalue weighted by Crippen LogP contribution is 2.60. The molecule has 0 bridgehead atoms. The van der Waals surface area contributed by atoms with E-state index in [2.05, 4.69) is 53.7 Å². The highest BCUT2D eigenvalue weighted by atomic mass is 14.6. The van der Waals surface area contributed by atoms with Crippen molar-refractivity contribution in [2.75, 3.05) is 0 Å². The van der Waals surface area contributed by atoms with Crippen molar-refractivity contribution in [1.29, 1.82) is 0 Å². The Hall–Kier alpha value is -0.520. The van der Waals surface area contributed by atoms with Crippen molar-refractivity contribution in [2.45, 2.75) is 127 Å². The molecule has 0 nitrogen and oxygen atoms in total. The maximum Gasteiger partial charge on any atom is -0.0108 e. The van der Waals surface area contributed by atoms with Crippen LogP contribution in [0.2, 0.25) is 0 Å². The second-order valence-electron chi connectivity index (χ2n) is 10.9. The number of hydrogen-bond acceptors (Lipinski definition) is 0. The van der Waals surface area contributed by atoms with Crippen LogP contribution in [0.3, 0.4) is 0 Å². The smallest absolute Gasteiger partial charge is 0.0108 e. The lowest BCUT2D eigenvalue weighted by molar-refractivity contribution is 0.0155. The summed E-state index contributed by atoms with van der Waals surface area (Å²) in [4.78, 5) is 0. The number of rotatable bonds is 5. The third-order valence-electron chi connectivity index (χ3n) is 8.67. The zero-order chi connectivity index (χ0) is 22.9. The molecule has 30 heavy (non-hydrogen) atoms. The topological polar surface area (TPSA) is 0 Å². The molecule has 0 heterocycles. The molecule has 176 valence electrons. The average molecular weight is 417 g/mol. The largest absolute Gasteiger partial charge is 0.0847 e. The quantitative estimate of drug-likeness (QED) is 0.391. The first-order chi connectivity index (χ1) is 14.3. The molecule has 0 N–H and O–H groups in total. The van der Waals surface area contributed by atoms with Crippen molar-refractivity contribution in [2.24, 2.45) is 40.9 Å². The highest BCUT2D eigenvalue weighted by molar-refractivity contribution is 5.22. The van der Waals surface area contributed by atoms with E-state index in [4.69, 9.17) is 0 Å². The first-order valence-electron chi connectivity index (χ1n) is 13.7. The molecule has 6 unspecified atom stereocenters. The number of allylic oxidation sites excluding steroid dienone is 4. The Morgan fingerprint density at radius 3 is 2.37 bits per heavy atom. The molecular weight excluding hydrogens is 360 g/mol. The van der Waals surface area contributed by atoms with Crippen LogP contribution in [0.1, 0.15) is 127 Å². The van der Waals surface area contributed by atoms with Crippen LogP contribution < -0.4 is 0 Å². The van der Waals surface area contributed by atoms with E-state index in [0.29, 0.717) is 5.41 Å². The summed E-state index contributed by atoms with van der Waals surface area (Å²) in [6.07, 6.45) is 17.9. The second-order valence-corrected chi connectivity index (χ2v) is 10.9. The van der Waals surface area contributed by atoms with Crippen molar-refractivity contribution in [1.82, 2.24) is 0 Å². The first kappa shape index (κ1) is 27.5. The Morgan fingerprint density at radius 2 is 1.73 bits per heavy atom. The first-order valence-corrected chi connectivity index (χ1v) is 13.7. The van der Waals surface area contributed by atoms with Gasteiger partial charge in [0.05, 0.1) is 0 Å². The molecular formula is C30H56. The van der Waals surface area contributed by atoms with E-state index < -0.39 is 0 Å². The molecule has 2 fully saturated rings. The summed E-state index contributed by atoms with van der Waals surface area (Å²) < 4.78 is 0. The number of fused-ring (bicyclic) bond motifs is 1. The monoisotopic (exact) mass is 416 g/mol. The van der Waals surface area contributed by atoms with Crippen LogP contribution >= 0.6 is 0 Å². The molecule has 0 heteroatoms. The summed E-state index contributed by atoms with van der Waals surface area (Å²) in [5.41, 5.74) is 3.96. The molecule has 0 aromatic heterocycles. The lowest BCUT2D eigenvalue weighted by atomic mass is 9.57. The van der Waals surface area contributed by atoms with Gasteiger partial charge < -0.3 is 0 Å². The molecule has 0 aromatic carbocycles. The normalized spacial score (nSPS) is 37.0. The average Bonchev–Trinajstić information content (AvgIpc) is 3.08. The van der Waals surface area contributed by atoms with Crippen molar-refractivity contribution in [3.8, 4) is 0 Å². The summed E-state index contributed by atoms with van der Waals surface area (Å²) in [5, 5.41) is 0. The van der Waals surface area contributed by atoms with Crippen LogP contribution in [0.5, 0.6) is 0 Å². The predicted molar refractivity (Wildman–Crippen MR) is 138 cm³/mol.